The van der Waals surface area contributed by atoms with Crippen LogP contribution in [0.25, 0.3) is 0 Å². The maximum Gasteiger partial charge on any atom is 0.0919 e. The summed E-state index contributed by atoms with van der Waals surface area (Å²) in [5.41, 5.74) is 0. The Morgan fingerprint density at radius 2 is 0.487 bits per heavy atom. The second kappa shape index (κ2) is 70.4. The number of H-pyrrole nitrogens is 3. The molecule has 0 amide bonds. The molecule has 6 nitrogen and oxygen atoms in total. The van der Waals surface area contributed by atoms with E-state index in [2.05, 4.69) is 113 Å². The van der Waals surface area contributed by atoms with Crippen LogP contribution >= 0.6 is 0 Å². The lowest BCUT2D eigenvalue weighted by Gasteiger charge is -1.79. The molecule has 0 radical (unpaired) electrons. The normalized spacial score (nSPS) is 7.23. The van der Waals surface area contributed by atoms with Gasteiger partial charge in [0.1, 0.15) is 0 Å². The summed E-state index contributed by atoms with van der Waals surface area (Å²) in [5, 5.41) is 0. The van der Waals surface area contributed by atoms with Crippen molar-refractivity contribution >= 4 is 0 Å². The monoisotopic (exact) mass is 559 g/mol. The molecule has 0 saturated carbocycles. The summed E-state index contributed by atoms with van der Waals surface area (Å²) in [5.74, 6) is 3.33. The fourth-order valence-corrected chi connectivity index (χ4v) is 0.645. The first kappa shape index (κ1) is 60.9. The Hall–Kier alpha value is -2.37. The van der Waals surface area contributed by atoms with Gasteiger partial charge in [-0.05, 0) is 23.7 Å². The number of nitrogens with zero attached hydrogens (tertiary/aromatic N) is 3. The van der Waals surface area contributed by atoms with Gasteiger partial charge in [0, 0.05) is 37.2 Å². The molecule has 240 valence electrons. The Kier molecular flexibility index (Phi) is 110. The number of nitrogens with one attached hydrogen (secondary N) is 3. The molecule has 3 heterocycles. The van der Waals surface area contributed by atoms with Crippen molar-refractivity contribution < 1.29 is 0 Å². The molecule has 0 aliphatic heterocycles. The first-order chi connectivity index (χ1) is 17.4. The minimum absolute atomic E-state index is 0. The van der Waals surface area contributed by atoms with Gasteiger partial charge in [0.05, 0.1) is 19.0 Å². The zero-order valence-electron chi connectivity index (χ0n) is 28.3. The Balaban J connectivity index is -0.0000000371. The van der Waals surface area contributed by atoms with Gasteiger partial charge in [-0.1, -0.05) is 139 Å². The van der Waals surface area contributed by atoms with Crippen LogP contribution in [0.1, 0.15) is 139 Å². The SMILES string of the molecule is C.C.CC.CC.CC.CC(C)C.CC(C)C.CC(C)C.CC(C)C.c1c[nH]cn1.c1c[nH]cn1.c1c[nH]cn1. The summed E-state index contributed by atoms with van der Waals surface area (Å²) >= 11 is 0. The van der Waals surface area contributed by atoms with Crippen LogP contribution < -0.4 is 0 Å². The lowest BCUT2D eigenvalue weighted by atomic mass is 10.3. The summed E-state index contributed by atoms with van der Waals surface area (Å²) in [6.45, 7) is 38.0. The van der Waals surface area contributed by atoms with E-state index < -0.39 is 0 Å². The van der Waals surface area contributed by atoms with Crippen LogP contribution in [-0.2, 0) is 0 Å². The van der Waals surface area contributed by atoms with Gasteiger partial charge in [0.15, 0.2) is 0 Å². The van der Waals surface area contributed by atoms with E-state index in [0.717, 1.165) is 23.7 Å². The number of hydrogen-bond acceptors (Lipinski definition) is 3. The number of rotatable bonds is 0. The molecule has 0 spiro atoms. The van der Waals surface area contributed by atoms with Crippen molar-refractivity contribution in [2.45, 2.75) is 139 Å². The van der Waals surface area contributed by atoms with Crippen molar-refractivity contribution in [1.82, 2.24) is 29.9 Å². The van der Waals surface area contributed by atoms with E-state index in [9.17, 15) is 0 Å². The predicted octanol–water partition coefficient (Wildman–Crippen LogP) is 12.2. The third-order valence-electron chi connectivity index (χ3n) is 1.22. The molecule has 3 aromatic heterocycles. The number of hydrogen-bond donors (Lipinski definition) is 3. The third-order valence-corrected chi connectivity index (χ3v) is 1.22. The Morgan fingerprint density at radius 3 is 0.513 bits per heavy atom. The summed E-state index contributed by atoms with van der Waals surface area (Å²) in [6.07, 6.45) is 15.2. The fourth-order valence-electron chi connectivity index (χ4n) is 0.645. The van der Waals surface area contributed by atoms with Crippen molar-refractivity contribution in [3.63, 3.8) is 0 Å². The quantitative estimate of drug-likeness (QED) is 0.256. The molecule has 6 heteroatoms. The molecular formula is C33H78N6. The van der Waals surface area contributed by atoms with Crippen LogP contribution in [0.3, 0.4) is 0 Å². The maximum absolute atomic E-state index is 3.67. The standard InChI is InChI=1S/4C4H10.3C3H4N2.3C2H6.2CH4/c4*1-4(2)3;3*1-2-5-3-4-1;3*1-2;;/h4*4H,1-3H3;3*1-3H,(H,4,5);3*1-2H3;2*1H4. The molecule has 0 aromatic carbocycles. The van der Waals surface area contributed by atoms with E-state index in [0.29, 0.717) is 0 Å². The Labute approximate surface area is 249 Å². The number of imidazole rings is 3. The van der Waals surface area contributed by atoms with E-state index in [1.165, 1.54) is 0 Å². The van der Waals surface area contributed by atoms with Crippen LogP contribution in [0, 0.1) is 23.7 Å². The van der Waals surface area contributed by atoms with E-state index in [1.54, 1.807) is 56.2 Å². The summed E-state index contributed by atoms with van der Waals surface area (Å²) in [6, 6.07) is 0. The van der Waals surface area contributed by atoms with Crippen molar-refractivity contribution in [3.8, 4) is 0 Å². The molecule has 3 rings (SSSR count). The highest BCUT2D eigenvalue weighted by atomic mass is 14.8. The van der Waals surface area contributed by atoms with E-state index in [1.807, 2.05) is 41.5 Å². The number of aromatic amines is 3. The van der Waals surface area contributed by atoms with Gasteiger partial charge in [0.25, 0.3) is 0 Å². The molecule has 0 aliphatic rings. The van der Waals surface area contributed by atoms with Crippen LogP contribution in [-0.4, -0.2) is 29.9 Å². The minimum Gasteiger partial charge on any atom is -0.351 e. The average molecular weight is 559 g/mol. The number of aromatic nitrogens is 6. The molecule has 0 aliphatic carbocycles. The lowest BCUT2D eigenvalue weighted by molar-refractivity contribution is 0.736. The average Bonchev–Trinajstić information content (AvgIpc) is 3.63. The summed E-state index contributed by atoms with van der Waals surface area (Å²) in [7, 11) is 0. The molecule has 3 N–H and O–H groups in total. The van der Waals surface area contributed by atoms with E-state index in [-0.39, 0.29) is 14.9 Å². The topological polar surface area (TPSA) is 86.0 Å². The highest BCUT2D eigenvalue weighted by molar-refractivity contribution is 4.65. The maximum atomic E-state index is 3.67. The van der Waals surface area contributed by atoms with Crippen molar-refractivity contribution in [2.75, 3.05) is 0 Å². The minimum atomic E-state index is 0. The largest absolute Gasteiger partial charge is 0.351 e. The van der Waals surface area contributed by atoms with Crippen LogP contribution in [0.4, 0.5) is 0 Å². The van der Waals surface area contributed by atoms with Crippen LogP contribution in [0.15, 0.2) is 56.2 Å². The zero-order chi connectivity index (χ0) is 30.9. The first-order valence-electron chi connectivity index (χ1n) is 14.2. The van der Waals surface area contributed by atoms with Crippen LogP contribution in [0.5, 0.6) is 0 Å². The molecule has 39 heavy (non-hydrogen) atoms. The summed E-state index contributed by atoms with van der Waals surface area (Å²) < 4.78 is 0. The Morgan fingerprint density at radius 1 is 0.359 bits per heavy atom. The van der Waals surface area contributed by atoms with Gasteiger partial charge in [-0.2, -0.15) is 0 Å². The summed E-state index contributed by atoms with van der Waals surface area (Å²) in [4.78, 5) is 19.2. The Bertz CT molecular complexity index is 380. The third kappa shape index (κ3) is 253. The van der Waals surface area contributed by atoms with Gasteiger partial charge in [-0.15, -0.1) is 0 Å². The highest BCUT2D eigenvalue weighted by Gasteiger charge is 1.69. The zero-order valence-corrected chi connectivity index (χ0v) is 28.3. The smallest absolute Gasteiger partial charge is 0.0919 e. The van der Waals surface area contributed by atoms with Gasteiger partial charge in [-0.25, -0.2) is 15.0 Å². The van der Waals surface area contributed by atoms with Crippen molar-refractivity contribution in [1.29, 1.82) is 0 Å². The second-order valence-corrected chi connectivity index (χ2v) is 9.21. The molecule has 3 aromatic rings. The lowest BCUT2D eigenvalue weighted by Crippen LogP contribution is -1.66. The van der Waals surface area contributed by atoms with E-state index >= 15 is 0 Å². The fraction of sp³-hybridized carbons (Fsp3) is 0.727. The van der Waals surface area contributed by atoms with Crippen molar-refractivity contribution in [3.05, 3.63) is 56.2 Å². The molecule has 0 atom stereocenters. The molecule has 0 unspecified atom stereocenters. The highest BCUT2D eigenvalue weighted by Crippen LogP contribution is 1.82. The molecular weight excluding hydrogens is 480 g/mol. The molecule has 0 bridgehead atoms. The van der Waals surface area contributed by atoms with Gasteiger partial charge < -0.3 is 15.0 Å². The molecule has 0 fully saturated rings. The second-order valence-electron chi connectivity index (χ2n) is 9.21. The van der Waals surface area contributed by atoms with Crippen molar-refractivity contribution in [2.24, 2.45) is 23.7 Å². The van der Waals surface area contributed by atoms with Gasteiger partial charge in [-0.3, -0.25) is 0 Å². The van der Waals surface area contributed by atoms with E-state index in [4.69, 9.17) is 0 Å². The van der Waals surface area contributed by atoms with Gasteiger partial charge in [0.2, 0.25) is 0 Å². The van der Waals surface area contributed by atoms with Gasteiger partial charge >= 0.3 is 0 Å². The molecule has 0 saturated heterocycles. The predicted molar refractivity (Wildman–Crippen MR) is 185 cm³/mol. The first-order valence-corrected chi connectivity index (χ1v) is 14.2. The van der Waals surface area contributed by atoms with Crippen LogP contribution in [0.2, 0.25) is 0 Å².